The predicted octanol–water partition coefficient (Wildman–Crippen LogP) is 4.69. The number of carbonyl (C=O) groups is 2. The van der Waals surface area contributed by atoms with Gasteiger partial charge in [0.1, 0.15) is 0 Å². The first-order valence-electron chi connectivity index (χ1n) is 8.48. The maximum Gasteiger partial charge on any atom is 0.241 e. The van der Waals surface area contributed by atoms with Crippen molar-refractivity contribution in [3.63, 3.8) is 0 Å². The highest BCUT2D eigenvalue weighted by molar-refractivity contribution is 6.35. The summed E-state index contributed by atoms with van der Waals surface area (Å²) in [5, 5.41) is 7.05. The lowest BCUT2D eigenvalue weighted by Crippen LogP contribution is -2.43. The number of carbonyl (C=O) groups excluding carboxylic acids is 2. The fourth-order valence-electron chi connectivity index (χ4n) is 3.07. The Bertz CT molecular complexity index is 860. The highest BCUT2D eigenvalue weighted by atomic mass is 35.5. The maximum absolute atomic E-state index is 12.7. The number of hydrogen-bond acceptors (Lipinski definition) is 3. The van der Waals surface area contributed by atoms with Gasteiger partial charge in [-0.1, -0.05) is 40.9 Å². The molecule has 142 valence electrons. The first-order valence-corrected chi connectivity index (χ1v) is 9.61. The molecule has 2 aromatic rings. The Morgan fingerprint density at radius 1 is 1.04 bits per heavy atom. The number of benzene rings is 2. The molecule has 0 radical (unpaired) electrons. The highest BCUT2D eigenvalue weighted by Crippen LogP contribution is 2.27. The number of halogens is 3. The van der Waals surface area contributed by atoms with Crippen LogP contribution in [0.15, 0.2) is 42.5 Å². The van der Waals surface area contributed by atoms with Gasteiger partial charge in [0.2, 0.25) is 11.8 Å². The molecule has 1 fully saturated rings. The monoisotopic (exact) mass is 425 g/mol. The van der Waals surface area contributed by atoms with Crippen LogP contribution in [0.2, 0.25) is 15.1 Å². The summed E-state index contributed by atoms with van der Waals surface area (Å²) in [6.07, 6.45) is 1.51. The molecule has 5 nitrogen and oxygen atoms in total. The van der Waals surface area contributed by atoms with Gasteiger partial charge in [-0.25, -0.2) is 0 Å². The minimum Gasteiger partial charge on any atom is -0.325 e. The van der Waals surface area contributed by atoms with Gasteiger partial charge in [0.05, 0.1) is 23.3 Å². The van der Waals surface area contributed by atoms with E-state index < -0.39 is 6.04 Å². The SMILES string of the molecule is O=C(CN1CCCC1C(=O)Nc1cc(Cl)ccc1Cl)Nc1cccc(Cl)c1. The molecular weight excluding hydrogens is 409 g/mol. The van der Waals surface area contributed by atoms with E-state index in [0.717, 1.165) is 6.42 Å². The second kappa shape index (κ2) is 8.93. The summed E-state index contributed by atoms with van der Waals surface area (Å²) in [6, 6.07) is 11.4. The lowest BCUT2D eigenvalue weighted by molar-refractivity contribution is -0.122. The van der Waals surface area contributed by atoms with Crippen molar-refractivity contribution in [2.75, 3.05) is 23.7 Å². The molecule has 0 aromatic heterocycles. The van der Waals surface area contributed by atoms with Gasteiger partial charge >= 0.3 is 0 Å². The molecule has 1 atom stereocenters. The van der Waals surface area contributed by atoms with E-state index in [0.29, 0.717) is 39.4 Å². The molecule has 8 heteroatoms. The number of nitrogens with zero attached hydrogens (tertiary/aromatic N) is 1. The summed E-state index contributed by atoms with van der Waals surface area (Å²) in [6.45, 7) is 0.790. The molecule has 27 heavy (non-hydrogen) atoms. The van der Waals surface area contributed by atoms with Gasteiger partial charge in [-0.2, -0.15) is 0 Å². The zero-order valence-corrected chi connectivity index (χ0v) is 16.6. The normalized spacial score (nSPS) is 16.9. The van der Waals surface area contributed by atoms with Crippen LogP contribution in [0, 0.1) is 0 Å². The van der Waals surface area contributed by atoms with Crippen molar-refractivity contribution in [1.29, 1.82) is 0 Å². The number of rotatable bonds is 5. The second-order valence-electron chi connectivity index (χ2n) is 6.30. The van der Waals surface area contributed by atoms with E-state index in [9.17, 15) is 9.59 Å². The Hall–Kier alpha value is -1.79. The van der Waals surface area contributed by atoms with Crippen LogP contribution in [0.5, 0.6) is 0 Å². The van der Waals surface area contributed by atoms with Crippen LogP contribution in [0.1, 0.15) is 12.8 Å². The van der Waals surface area contributed by atoms with Crippen LogP contribution >= 0.6 is 34.8 Å². The lowest BCUT2D eigenvalue weighted by Gasteiger charge is -2.23. The molecule has 0 bridgehead atoms. The van der Waals surface area contributed by atoms with E-state index in [1.165, 1.54) is 0 Å². The Kier molecular flexibility index (Phi) is 6.60. The zero-order valence-electron chi connectivity index (χ0n) is 14.3. The number of anilines is 2. The van der Waals surface area contributed by atoms with Crippen molar-refractivity contribution in [2.45, 2.75) is 18.9 Å². The van der Waals surface area contributed by atoms with Crippen molar-refractivity contribution < 1.29 is 9.59 Å². The zero-order chi connectivity index (χ0) is 19.4. The Morgan fingerprint density at radius 2 is 1.81 bits per heavy atom. The van der Waals surface area contributed by atoms with Crippen LogP contribution in [-0.4, -0.2) is 35.8 Å². The van der Waals surface area contributed by atoms with E-state index >= 15 is 0 Å². The fourth-order valence-corrected chi connectivity index (χ4v) is 3.60. The van der Waals surface area contributed by atoms with Crippen LogP contribution in [0.25, 0.3) is 0 Å². The predicted molar refractivity (Wildman–Crippen MR) is 110 cm³/mol. The summed E-state index contributed by atoms with van der Waals surface area (Å²) >= 11 is 18.0. The standard InChI is InChI=1S/C19H18Cl3N3O2/c20-12-3-1-4-14(9-12)23-18(26)11-25-8-2-5-17(25)19(27)24-16-10-13(21)6-7-15(16)22/h1,3-4,6-7,9-10,17H,2,5,8,11H2,(H,23,26)(H,24,27). The molecule has 1 saturated heterocycles. The van der Waals surface area contributed by atoms with Crippen molar-refractivity contribution in [3.05, 3.63) is 57.5 Å². The van der Waals surface area contributed by atoms with Crippen LogP contribution in [0.4, 0.5) is 11.4 Å². The summed E-state index contributed by atoms with van der Waals surface area (Å²) in [7, 11) is 0. The smallest absolute Gasteiger partial charge is 0.241 e. The first kappa shape index (κ1) is 20.0. The molecule has 0 aliphatic carbocycles. The molecule has 2 aromatic carbocycles. The number of likely N-dealkylation sites (tertiary alicyclic amines) is 1. The molecule has 0 saturated carbocycles. The van der Waals surface area contributed by atoms with Crippen molar-refractivity contribution >= 4 is 58.0 Å². The average Bonchev–Trinajstić information content (AvgIpc) is 3.06. The largest absolute Gasteiger partial charge is 0.325 e. The summed E-state index contributed by atoms with van der Waals surface area (Å²) in [5.74, 6) is -0.398. The molecule has 1 aliphatic heterocycles. The van der Waals surface area contributed by atoms with E-state index in [-0.39, 0.29) is 18.4 Å². The van der Waals surface area contributed by atoms with E-state index in [1.54, 1.807) is 42.5 Å². The van der Waals surface area contributed by atoms with Crippen molar-refractivity contribution in [2.24, 2.45) is 0 Å². The second-order valence-corrected chi connectivity index (χ2v) is 7.58. The quantitative estimate of drug-likeness (QED) is 0.729. The third-order valence-electron chi connectivity index (χ3n) is 4.31. The van der Waals surface area contributed by atoms with Gasteiger partial charge in [0.25, 0.3) is 0 Å². The van der Waals surface area contributed by atoms with Gasteiger partial charge in [-0.15, -0.1) is 0 Å². The molecular formula is C19H18Cl3N3O2. The Balaban J connectivity index is 1.61. The number of nitrogens with one attached hydrogen (secondary N) is 2. The molecule has 3 rings (SSSR count). The molecule has 2 amide bonds. The van der Waals surface area contributed by atoms with Crippen molar-refractivity contribution in [1.82, 2.24) is 4.90 Å². The molecule has 2 N–H and O–H groups in total. The van der Waals surface area contributed by atoms with E-state index in [2.05, 4.69) is 10.6 Å². The minimum absolute atomic E-state index is 0.119. The maximum atomic E-state index is 12.7. The number of hydrogen-bond donors (Lipinski definition) is 2. The third kappa shape index (κ3) is 5.36. The minimum atomic E-state index is -0.398. The van der Waals surface area contributed by atoms with E-state index in [1.807, 2.05) is 4.90 Å². The average molecular weight is 427 g/mol. The third-order valence-corrected chi connectivity index (χ3v) is 5.11. The Morgan fingerprint density at radius 3 is 2.59 bits per heavy atom. The molecule has 1 heterocycles. The first-order chi connectivity index (χ1) is 12.9. The van der Waals surface area contributed by atoms with Gasteiger partial charge < -0.3 is 10.6 Å². The number of amides is 2. The van der Waals surface area contributed by atoms with Gasteiger partial charge in [0, 0.05) is 15.7 Å². The van der Waals surface area contributed by atoms with Crippen LogP contribution in [-0.2, 0) is 9.59 Å². The lowest BCUT2D eigenvalue weighted by atomic mass is 10.2. The topological polar surface area (TPSA) is 61.4 Å². The van der Waals surface area contributed by atoms with Gasteiger partial charge in [-0.3, -0.25) is 14.5 Å². The molecule has 0 spiro atoms. The summed E-state index contributed by atoms with van der Waals surface area (Å²) in [5.41, 5.74) is 1.09. The van der Waals surface area contributed by atoms with Crippen LogP contribution < -0.4 is 10.6 Å². The molecule has 1 unspecified atom stereocenters. The van der Waals surface area contributed by atoms with E-state index in [4.69, 9.17) is 34.8 Å². The van der Waals surface area contributed by atoms with Crippen LogP contribution in [0.3, 0.4) is 0 Å². The summed E-state index contributed by atoms with van der Waals surface area (Å²) in [4.78, 5) is 26.9. The Labute approximate surface area is 172 Å². The van der Waals surface area contributed by atoms with Crippen molar-refractivity contribution in [3.8, 4) is 0 Å². The highest BCUT2D eigenvalue weighted by Gasteiger charge is 2.32. The fraction of sp³-hybridized carbons (Fsp3) is 0.263. The van der Waals surface area contributed by atoms with Gasteiger partial charge in [0.15, 0.2) is 0 Å². The summed E-state index contributed by atoms with van der Waals surface area (Å²) < 4.78 is 0. The molecule has 1 aliphatic rings. The van der Waals surface area contributed by atoms with Gasteiger partial charge in [-0.05, 0) is 55.8 Å².